The van der Waals surface area contributed by atoms with E-state index in [1.807, 2.05) is 0 Å². The van der Waals surface area contributed by atoms with Crippen molar-refractivity contribution in [1.29, 1.82) is 0 Å². The van der Waals surface area contributed by atoms with Crippen molar-refractivity contribution in [2.24, 2.45) is 5.10 Å². The predicted molar refractivity (Wildman–Crippen MR) is 112 cm³/mol. The van der Waals surface area contributed by atoms with E-state index in [1.165, 1.54) is 47.3 Å². The molecule has 3 aromatic rings. The van der Waals surface area contributed by atoms with Crippen molar-refractivity contribution in [3.8, 4) is 0 Å². The van der Waals surface area contributed by atoms with Crippen molar-refractivity contribution in [1.82, 2.24) is 14.9 Å². The second-order valence-corrected chi connectivity index (χ2v) is 7.29. The average Bonchev–Trinajstić information content (AvgIpc) is 3.10. The van der Waals surface area contributed by atoms with Crippen molar-refractivity contribution in [3.63, 3.8) is 0 Å². The largest absolute Gasteiger partial charge is 0.416 e. The van der Waals surface area contributed by atoms with Gasteiger partial charge in [-0.2, -0.15) is 22.9 Å². The smallest absolute Gasteiger partial charge is 0.325 e. The van der Waals surface area contributed by atoms with Gasteiger partial charge in [0.05, 0.1) is 22.5 Å². The number of nitrogens with zero attached hydrogens (tertiary/aromatic N) is 5. The Hall–Kier alpha value is -3.74. The van der Waals surface area contributed by atoms with Gasteiger partial charge >= 0.3 is 6.18 Å². The maximum absolute atomic E-state index is 12.8. The Balaban J connectivity index is 1.64. The molecule has 0 aliphatic carbocycles. The highest BCUT2D eigenvalue weighted by molar-refractivity contribution is 7.99. The minimum atomic E-state index is -4.51. The summed E-state index contributed by atoms with van der Waals surface area (Å²) in [6, 6.07) is 10.1. The Kier molecular flexibility index (Phi) is 6.88. The fraction of sp³-hybridized carbons (Fsp3) is 0.158. The molecular formula is C19H15F3N6O3S. The number of hydrogen-bond donors (Lipinski definition) is 1. The Morgan fingerprint density at radius 2 is 1.97 bits per heavy atom. The normalized spacial score (nSPS) is 11.6. The summed E-state index contributed by atoms with van der Waals surface area (Å²) in [5.74, 6) is -0.230. The number of thioether (sulfide) groups is 1. The van der Waals surface area contributed by atoms with Gasteiger partial charge in [0.25, 0.3) is 5.69 Å². The van der Waals surface area contributed by atoms with Gasteiger partial charge in [0, 0.05) is 17.8 Å². The molecule has 0 aliphatic heterocycles. The van der Waals surface area contributed by atoms with E-state index in [0.29, 0.717) is 16.5 Å². The number of halogens is 3. The molecule has 9 nitrogen and oxygen atoms in total. The number of rotatable bonds is 7. The molecule has 0 fully saturated rings. The summed E-state index contributed by atoms with van der Waals surface area (Å²) in [5.41, 5.74) is -0.286. The summed E-state index contributed by atoms with van der Waals surface area (Å²) in [4.78, 5) is 22.4. The van der Waals surface area contributed by atoms with Crippen LogP contribution in [0.5, 0.6) is 0 Å². The summed E-state index contributed by atoms with van der Waals surface area (Å²) in [6.07, 6.45) is -3.06. The summed E-state index contributed by atoms with van der Waals surface area (Å²) in [5, 5.41) is 25.5. The van der Waals surface area contributed by atoms with E-state index >= 15 is 0 Å². The van der Waals surface area contributed by atoms with Gasteiger partial charge in [0.2, 0.25) is 11.1 Å². The number of carbonyl (C=O) groups is 1. The van der Waals surface area contributed by atoms with E-state index in [0.717, 1.165) is 23.9 Å². The Labute approximate surface area is 183 Å². The number of amides is 1. The number of non-ortho nitro benzene ring substituents is 1. The van der Waals surface area contributed by atoms with Gasteiger partial charge < -0.3 is 5.32 Å². The zero-order chi connectivity index (χ0) is 23.3. The van der Waals surface area contributed by atoms with Crippen LogP contribution >= 0.6 is 11.8 Å². The number of alkyl halides is 3. The van der Waals surface area contributed by atoms with Crippen LogP contribution in [0, 0.1) is 17.0 Å². The molecule has 1 heterocycles. The lowest BCUT2D eigenvalue weighted by Gasteiger charge is -2.09. The van der Waals surface area contributed by atoms with Gasteiger partial charge in [0.1, 0.15) is 0 Å². The fourth-order valence-electron chi connectivity index (χ4n) is 2.47. The third-order valence-corrected chi connectivity index (χ3v) is 4.92. The first-order valence-corrected chi connectivity index (χ1v) is 9.93. The molecule has 1 amide bonds. The second kappa shape index (κ2) is 9.60. The molecule has 0 saturated carbocycles. The summed E-state index contributed by atoms with van der Waals surface area (Å²) >= 11 is 0.999. The molecule has 0 aliphatic rings. The van der Waals surface area contributed by atoms with Crippen LogP contribution in [-0.2, 0) is 11.0 Å². The lowest BCUT2D eigenvalue weighted by atomic mass is 10.2. The first kappa shape index (κ1) is 22.9. The van der Waals surface area contributed by atoms with E-state index < -0.39 is 22.6 Å². The topological polar surface area (TPSA) is 115 Å². The molecule has 0 spiro atoms. The van der Waals surface area contributed by atoms with Crippen LogP contribution in [0.2, 0.25) is 0 Å². The standard InChI is InChI=1S/C19H15F3N6O3S/c1-12-25-26-18(27(12)23-10-13-5-7-16(8-6-13)28(30)31)32-11-17(29)24-15-4-2-3-14(9-15)19(20,21)22/h2-10H,11H2,1H3,(H,24,29)/b23-10+. The molecule has 32 heavy (non-hydrogen) atoms. The van der Waals surface area contributed by atoms with Gasteiger partial charge in [0.15, 0.2) is 5.82 Å². The zero-order valence-corrected chi connectivity index (χ0v) is 17.2. The first-order valence-electron chi connectivity index (χ1n) is 8.94. The third-order valence-electron chi connectivity index (χ3n) is 4.00. The molecule has 166 valence electrons. The van der Waals surface area contributed by atoms with Crippen molar-refractivity contribution in [2.75, 3.05) is 11.1 Å². The Morgan fingerprint density at radius 3 is 2.62 bits per heavy atom. The first-order chi connectivity index (χ1) is 15.1. The van der Waals surface area contributed by atoms with Crippen LogP contribution < -0.4 is 5.32 Å². The zero-order valence-electron chi connectivity index (χ0n) is 16.4. The molecule has 2 aromatic carbocycles. The molecular weight excluding hydrogens is 449 g/mol. The summed E-state index contributed by atoms with van der Waals surface area (Å²) in [6.45, 7) is 1.65. The molecule has 1 N–H and O–H groups in total. The molecule has 0 atom stereocenters. The van der Waals surface area contributed by atoms with E-state index in [2.05, 4.69) is 20.6 Å². The van der Waals surface area contributed by atoms with Crippen LogP contribution in [0.4, 0.5) is 24.5 Å². The molecule has 13 heteroatoms. The quantitative estimate of drug-likeness (QED) is 0.243. The van der Waals surface area contributed by atoms with Crippen molar-refractivity contribution in [3.05, 3.63) is 75.6 Å². The van der Waals surface area contributed by atoms with Gasteiger partial charge in [-0.15, -0.1) is 10.2 Å². The van der Waals surface area contributed by atoms with Crippen molar-refractivity contribution in [2.45, 2.75) is 18.3 Å². The van der Waals surface area contributed by atoms with Crippen molar-refractivity contribution < 1.29 is 22.9 Å². The Bertz CT molecular complexity index is 1160. The van der Waals surface area contributed by atoms with Crippen LogP contribution in [0.25, 0.3) is 0 Å². The van der Waals surface area contributed by atoms with Gasteiger partial charge in [-0.25, -0.2) is 0 Å². The lowest BCUT2D eigenvalue weighted by molar-refractivity contribution is -0.384. The Morgan fingerprint density at radius 1 is 1.25 bits per heavy atom. The van der Waals surface area contributed by atoms with Gasteiger partial charge in [-0.1, -0.05) is 17.8 Å². The monoisotopic (exact) mass is 464 g/mol. The molecule has 3 rings (SSSR count). The maximum Gasteiger partial charge on any atom is 0.416 e. The molecule has 1 aromatic heterocycles. The number of anilines is 1. The van der Waals surface area contributed by atoms with E-state index in [9.17, 15) is 28.1 Å². The van der Waals surface area contributed by atoms with Crippen LogP contribution in [0.15, 0.2) is 58.8 Å². The van der Waals surface area contributed by atoms with Crippen LogP contribution in [0.3, 0.4) is 0 Å². The number of nitro groups is 1. The summed E-state index contributed by atoms with van der Waals surface area (Å²) in [7, 11) is 0. The minimum absolute atomic E-state index is 0.0271. The number of nitrogens with one attached hydrogen (secondary N) is 1. The molecule has 0 unspecified atom stereocenters. The highest BCUT2D eigenvalue weighted by atomic mass is 32.2. The molecule has 0 radical (unpaired) electrons. The highest BCUT2D eigenvalue weighted by Crippen LogP contribution is 2.30. The molecule has 0 saturated heterocycles. The number of nitro benzene ring substituents is 1. The van der Waals surface area contributed by atoms with E-state index in [4.69, 9.17) is 0 Å². The SMILES string of the molecule is Cc1nnc(SCC(=O)Nc2cccc(C(F)(F)F)c2)n1/N=C/c1ccc([N+](=O)[O-])cc1. The summed E-state index contributed by atoms with van der Waals surface area (Å²) < 4.78 is 39.8. The highest BCUT2D eigenvalue weighted by Gasteiger charge is 2.30. The third kappa shape index (κ3) is 5.91. The number of aromatic nitrogens is 3. The predicted octanol–water partition coefficient (Wildman–Crippen LogP) is 4.13. The van der Waals surface area contributed by atoms with E-state index in [1.54, 1.807) is 6.92 Å². The average molecular weight is 464 g/mol. The second-order valence-electron chi connectivity index (χ2n) is 6.35. The number of aryl methyl sites for hydroxylation is 1. The lowest BCUT2D eigenvalue weighted by Crippen LogP contribution is -2.15. The maximum atomic E-state index is 12.8. The van der Waals surface area contributed by atoms with Crippen LogP contribution in [0.1, 0.15) is 17.0 Å². The number of benzene rings is 2. The van der Waals surface area contributed by atoms with Crippen LogP contribution in [-0.4, -0.2) is 37.7 Å². The number of hydrogen-bond acceptors (Lipinski definition) is 7. The number of carbonyl (C=O) groups excluding carboxylic acids is 1. The minimum Gasteiger partial charge on any atom is -0.325 e. The van der Waals surface area contributed by atoms with Gasteiger partial charge in [-0.05, 0) is 42.8 Å². The van der Waals surface area contributed by atoms with Gasteiger partial charge in [-0.3, -0.25) is 14.9 Å². The van der Waals surface area contributed by atoms with Crippen molar-refractivity contribution >= 4 is 35.3 Å². The fourth-order valence-corrected chi connectivity index (χ4v) is 3.20. The van der Waals surface area contributed by atoms with E-state index in [-0.39, 0.29) is 17.1 Å². The molecule has 0 bridgehead atoms.